The number of anilines is 1. The molecular formula is C24H34N2O6S. The third-order valence-corrected chi connectivity index (χ3v) is 6.50. The monoisotopic (exact) mass is 478 g/mol. The summed E-state index contributed by atoms with van der Waals surface area (Å²) in [5.41, 5.74) is 1.11. The van der Waals surface area contributed by atoms with E-state index in [9.17, 15) is 13.2 Å². The average Bonchev–Trinajstić information content (AvgIpc) is 2.78. The molecule has 9 heteroatoms. The van der Waals surface area contributed by atoms with Gasteiger partial charge in [-0.1, -0.05) is 6.07 Å². The number of aryl methyl sites for hydroxylation is 1. The molecule has 0 heterocycles. The second kappa shape index (κ2) is 12.5. The summed E-state index contributed by atoms with van der Waals surface area (Å²) in [7, 11) is -2.69. The topological polar surface area (TPSA) is 94.2 Å². The van der Waals surface area contributed by atoms with Crippen LogP contribution in [0.4, 0.5) is 5.69 Å². The van der Waals surface area contributed by atoms with Gasteiger partial charge in [0, 0.05) is 13.2 Å². The van der Waals surface area contributed by atoms with Crippen LogP contribution < -0.4 is 19.1 Å². The average molecular weight is 479 g/mol. The van der Waals surface area contributed by atoms with Crippen LogP contribution in [0.3, 0.4) is 0 Å². The summed E-state index contributed by atoms with van der Waals surface area (Å²) in [5.74, 6) is 0.410. The highest BCUT2D eigenvalue weighted by molar-refractivity contribution is 7.93. The lowest BCUT2D eigenvalue weighted by Crippen LogP contribution is -2.41. The van der Waals surface area contributed by atoms with Crippen molar-refractivity contribution >= 4 is 21.6 Å². The maximum absolute atomic E-state index is 13.7. The predicted molar refractivity (Wildman–Crippen MR) is 129 cm³/mol. The van der Waals surface area contributed by atoms with E-state index in [2.05, 4.69) is 5.32 Å². The Morgan fingerprint density at radius 2 is 1.82 bits per heavy atom. The third kappa shape index (κ3) is 7.64. The second-order valence-electron chi connectivity index (χ2n) is 7.72. The SMILES string of the molecule is CCOc1ccc(N(CC(=O)NCCCOC(C)C)S(=O)(=O)c2cc(C)ccc2OC)cc1. The molecule has 0 aliphatic heterocycles. The van der Waals surface area contributed by atoms with Crippen molar-refractivity contribution in [2.75, 3.05) is 37.7 Å². The Morgan fingerprint density at radius 3 is 2.42 bits per heavy atom. The minimum atomic E-state index is -4.10. The van der Waals surface area contributed by atoms with Gasteiger partial charge in [0.1, 0.15) is 22.9 Å². The lowest BCUT2D eigenvalue weighted by Gasteiger charge is -2.25. The molecule has 0 fully saturated rings. The first-order chi connectivity index (χ1) is 15.7. The van der Waals surface area contributed by atoms with Gasteiger partial charge in [0.05, 0.1) is 25.5 Å². The zero-order valence-corrected chi connectivity index (χ0v) is 20.8. The molecule has 0 spiro atoms. The van der Waals surface area contributed by atoms with Crippen LogP contribution in [0.5, 0.6) is 11.5 Å². The molecule has 0 unspecified atom stereocenters. The zero-order valence-electron chi connectivity index (χ0n) is 20.0. The summed E-state index contributed by atoms with van der Waals surface area (Å²) < 4.78 is 44.7. The van der Waals surface area contributed by atoms with E-state index in [1.807, 2.05) is 20.8 Å². The minimum Gasteiger partial charge on any atom is -0.495 e. The van der Waals surface area contributed by atoms with Crippen LogP contribution in [0.2, 0.25) is 0 Å². The fraction of sp³-hybridized carbons (Fsp3) is 0.458. The van der Waals surface area contributed by atoms with Crippen molar-refractivity contribution in [1.29, 1.82) is 0 Å². The predicted octanol–water partition coefficient (Wildman–Crippen LogP) is 3.53. The van der Waals surface area contributed by atoms with Gasteiger partial charge < -0.3 is 19.5 Å². The van der Waals surface area contributed by atoms with Gasteiger partial charge in [0.15, 0.2) is 0 Å². The van der Waals surface area contributed by atoms with Gasteiger partial charge in [-0.25, -0.2) is 8.42 Å². The molecule has 2 rings (SSSR count). The standard InChI is InChI=1S/C24H34N2O6S/c1-6-31-21-11-9-20(10-12-21)26(17-24(27)25-14-7-15-32-18(2)3)33(28,29)23-16-19(4)8-13-22(23)30-5/h8-13,16,18H,6-7,14-15,17H2,1-5H3,(H,25,27). The Balaban J connectivity index is 2.31. The van der Waals surface area contributed by atoms with Crippen molar-refractivity contribution in [3.63, 3.8) is 0 Å². The smallest absolute Gasteiger partial charge is 0.268 e. The molecule has 0 saturated carbocycles. The minimum absolute atomic E-state index is 0.00276. The fourth-order valence-corrected chi connectivity index (χ4v) is 4.76. The number of methoxy groups -OCH3 is 1. The van der Waals surface area contributed by atoms with E-state index < -0.39 is 15.9 Å². The quantitative estimate of drug-likeness (QED) is 0.443. The molecule has 0 aromatic heterocycles. The van der Waals surface area contributed by atoms with Crippen molar-refractivity contribution in [2.45, 2.75) is 45.1 Å². The van der Waals surface area contributed by atoms with Crippen LogP contribution in [0, 0.1) is 6.92 Å². The molecule has 0 bridgehead atoms. The highest BCUT2D eigenvalue weighted by Gasteiger charge is 2.30. The summed E-state index contributed by atoms with van der Waals surface area (Å²) in [6, 6.07) is 11.5. The maximum atomic E-state index is 13.7. The van der Waals surface area contributed by atoms with E-state index in [1.54, 1.807) is 43.3 Å². The zero-order chi connectivity index (χ0) is 24.4. The van der Waals surface area contributed by atoms with E-state index >= 15 is 0 Å². The lowest BCUT2D eigenvalue weighted by atomic mass is 10.2. The summed E-state index contributed by atoms with van der Waals surface area (Å²) in [6.07, 6.45) is 0.746. The van der Waals surface area contributed by atoms with Crippen molar-refractivity contribution in [1.82, 2.24) is 5.32 Å². The summed E-state index contributed by atoms with van der Waals surface area (Å²) in [6.45, 7) is 8.56. The number of amides is 1. The van der Waals surface area contributed by atoms with E-state index in [0.717, 1.165) is 9.87 Å². The molecule has 0 saturated heterocycles. The first kappa shape index (κ1) is 26.5. The molecule has 0 radical (unpaired) electrons. The Hall–Kier alpha value is -2.78. The van der Waals surface area contributed by atoms with E-state index in [1.165, 1.54) is 13.2 Å². The number of benzene rings is 2. The van der Waals surface area contributed by atoms with Gasteiger partial charge in [0.2, 0.25) is 5.91 Å². The van der Waals surface area contributed by atoms with Crippen LogP contribution >= 0.6 is 0 Å². The second-order valence-corrected chi connectivity index (χ2v) is 9.55. The van der Waals surface area contributed by atoms with Crippen LogP contribution in [-0.2, 0) is 19.6 Å². The fourth-order valence-electron chi connectivity index (χ4n) is 3.10. The van der Waals surface area contributed by atoms with Crippen LogP contribution in [0.25, 0.3) is 0 Å². The van der Waals surface area contributed by atoms with Gasteiger partial charge in [-0.3, -0.25) is 9.10 Å². The number of carbonyl (C=O) groups excluding carboxylic acids is 1. The number of ether oxygens (including phenoxy) is 3. The normalized spacial score (nSPS) is 11.3. The number of nitrogens with one attached hydrogen (secondary N) is 1. The lowest BCUT2D eigenvalue weighted by molar-refractivity contribution is -0.119. The molecule has 1 N–H and O–H groups in total. The van der Waals surface area contributed by atoms with Gasteiger partial charge >= 0.3 is 0 Å². The summed E-state index contributed by atoms with van der Waals surface area (Å²) >= 11 is 0. The van der Waals surface area contributed by atoms with E-state index in [4.69, 9.17) is 14.2 Å². The van der Waals surface area contributed by atoms with Crippen LogP contribution in [-0.4, -0.2) is 53.8 Å². The van der Waals surface area contributed by atoms with Gasteiger partial charge in [-0.15, -0.1) is 0 Å². The number of hydrogen-bond acceptors (Lipinski definition) is 6. The molecule has 0 aliphatic rings. The summed E-state index contributed by atoms with van der Waals surface area (Å²) in [5, 5.41) is 2.77. The number of hydrogen-bond donors (Lipinski definition) is 1. The van der Waals surface area contributed by atoms with E-state index in [-0.39, 0.29) is 23.3 Å². The number of rotatable bonds is 13. The molecule has 0 aliphatic carbocycles. The molecule has 2 aromatic carbocycles. The first-order valence-corrected chi connectivity index (χ1v) is 12.4. The molecule has 0 atom stereocenters. The van der Waals surface area contributed by atoms with Crippen LogP contribution in [0.15, 0.2) is 47.4 Å². The van der Waals surface area contributed by atoms with Crippen molar-refractivity contribution < 1.29 is 27.4 Å². The maximum Gasteiger partial charge on any atom is 0.268 e. The van der Waals surface area contributed by atoms with Gasteiger partial charge in [0.25, 0.3) is 10.0 Å². The first-order valence-electron chi connectivity index (χ1n) is 11.0. The third-order valence-electron chi connectivity index (χ3n) is 4.70. The summed E-state index contributed by atoms with van der Waals surface area (Å²) in [4.78, 5) is 12.7. The molecule has 2 aromatic rings. The van der Waals surface area contributed by atoms with Gasteiger partial charge in [-0.05, 0) is 76.1 Å². The Labute approximate surface area is 196 Å². The molecule has 1 amide bonds. The molecular weight excluding hydrogens is 444 g/mol. The Morgan fingerprint density at radius 1 is 1.12 bits per heavy atom. The van der Waals surface area contributed by atoms with Crippen molar-refractivity contribution in [3.8, 4) is 11.5 Å². The largest absolute Gasteiger partial charge is 0.495 e. The number of carbonyl (C=O) groups is 1. The van der Waals surface area contributed by atoms with Crippen molar-refractivity contribution in [2.24, 2.45) is 0 Å². The Kier molecular flexibility index (Phi) is 9.99. The molecule has 182 valence electrons. The highest BCUT2D eigenvalue weighted by atomic mass is 32.2. The highest BCUT2D eigenvalue weighted by Crippen LogP contribution is 2.31. The number of sulfonamides is 1. The molecule has 33 heavy (non-hydrogen) atoms. The van der Waals surface area contributed by atoms with Crippen molar-refractivity contribution in [3.05, 3.63) is 48.0 Å². The molecule has 8 nitrogen and oxygen atoms in total. The number of nitrogens with zero attached hydrogens (tertiary/aromatic N) is 1. The van der Waals surface area contributed by atoms with E-state index in [0.29, 0.717) is 37.6 Å². The van der Waals surface area contributed by atoms with Crippen LogP contribution in [0.1, 0.15) is 32.8 Å². The Bertz CT molecular complexity index is 1010. The van der Waals surface area contributed by atoms with Gasteiger partial charge in [-0.2, -0.15) is 0 Å².